The molecule has 0 unspecified atom stereocenters. The molecule has 0 N–H and O–H groups in total. The van der Waals surface area contributed by atoms with Gasteiger partial charge in [-0.15, -0.1) is 0 Å². The highest BCUT2D eigenvalue weighted by atomic mass is 19.4. The lowest BCUT2D eigenvalue weighted by atomic mass is 10.2. The maximum Gasteiger partial charge on any atom is 0.417 e. The van der Waals surface area contributed by atoms with E-state index in [2.05, 4.69) is 9.97 Å². The summed E-state index contributed by atoms with van der Waals surface area (Å²) in [5, 5.41) is 0. The van der Waals surface area contributed by atoms with Crippen molar-refractivity contribution in [1.29, 1.82) is 0 Å². The third kappa shape index (κ3) is 3.43. The molecule has 0 spiro atoms. The fourth-order valence-electron chi connectivity index (χ4n) is 1.57. The molecule has 0 bridgehead atoms. The first-order valence-corrected chi connectivity index (χ1v) is 5.51. The second kappa shape index (κ2) is 4.87. The summed E-state index contributed by atoms with van der Waals surface area (Å²) < 4.78 is 42.4. The van der Waals surface area contributed by atoms with Crippen LogP contribution in [0.25, 0.3) is 0 Å². The lowest BCUT2D eigenvalue weighted by molar-refractivity contribution is -0.137. The Morgan fingerprint density at radius 1 is 1.05 bits per heavy atom. The quantitative estimate of drug-likeness (QED) is 0.828. The highest BCUT2D eigenvalue weighted by Crippen LogP contribution is 2.29. The fraction of sp³-hybridized carbons (Fsp3) is 0.231. The van der Waals surface area contributed by atoms with Gasteiger partial charge in [0.05, 0.1) is 5.56 Å². The van der Waals surface area contributed by atoms with Crippen LogP contribution >= 0.6 is 0 Å². The van der Waals surface area contributed by atoms with Gasteiger partial charge in [0.2, 0.25) is 11.8 Å². The lowest BCUT2D eigenvalue weighted by Crippen LogP contribution is -2.05. The molecule has 0 saturated carbocycles. The van der Waals surface area contributed by atoms with Crippen molar-refractivity contribution < 1.29 is 17.9 Å². The predicted octanol–water partition coefficient (Wildman–Crippen LogP) is 3.90. The number of nitrogens with zero attached hydrogens (tertiary/aromatic N) is 2. The third-order valence-corrected chi connectivity index (χ3v) is 2.35. The summed E-state index contributed by atoms with van der Waals surface area (Å²) in [6.07, 6.45) is -3.66. The Kier molecular flexibility index (Phi) is 3.42. The molecular weight excluding hydrogens is 257 g/mol. The van der Waals surface area contributed by atoms with E-state index in [1.807, 2.05) is 13.0 Å². The molecule has 0 amide bonds. The Morgan fingerprint density at radius 3 is 2.32 bits per heavy atom. The van der Waals surface area contributed by atoms with Gasteiger partial charge in [-0.3, -0.25) is 0 Å². The minimum Gasteiger partial charge on any atom is -0.421 e. The van der Waals surface area contributed by atoms with E-state index in [1.54, 1.807) is 13.0 Å². The van der Waals surface area contributed by atoms with Crippen molar-refractivity contribution in [2.45, 2.75) is 20.0 Å². The fourth-order valence-corrected chi connectivity index (χ4v) is 1.57. The molecule has 0 atom stereocenters. The summed E-state index contributed by atoms with van der Waals surface area (Å²) in [5.74, 6) is 0.384. The largest absolute Gasteiger partial charge is 0.421 e. The van der Waals surface area contributed by atoms with Crippen LogP contribution in [0.4, 0.5) is 13.2 Å². The van der Waals surface area contributed by atoms with Gasteiger partial charge in [-0.1, -0.05) is 0 Å². The summed E-state index contributed by atoms with van der Waals surface area (Å²) >= 11 is 0. The summed E-state index contributed by atoms with van der Waals surface area (Å²) in [6, 6.07) is 5.65. The number of ether oxygens (including phenoxy) is 1. The van der Waals surface area contributed by atoms with Crippen LogP contribution < -0.4 is 4.74 Å². The maximum absolute atomic E-state index is 12.4. The molecule has 0 radical (unpaired) electrons. The van der Waals surface area contributed by atoms with Crippen molar-refractivity contribution >= 4 is 0 Å². The Balaban J connectivity index is 2.20. The number of pyridine rings is 2. The highest BCUT2D eigenvalue weighted by molar-refractivity contribution is 5.28. The predicted molar refractivity (Wildman–Crippen MR) is 63.0 cm³/mol. The van der Waals surface area contributed by atoms with Gasteiger partial charge < -0.3 is 4.74 Å². The van der Waals surface area contributed by atoms with Gasteiger partial charge >= 0.3 is 6.18 Å². The number of aromatic nitrogens is 2. The van der Waals surface area contributed by atoms with Crippen molar-refractivity contribution in [2.75, 3.05) is 0 Å². The van der Waals surface area contributed by atoms with E-state index in [1.165, 1.54) is 6.07 Å². The summed E-state index contributed by atoms with van der Waals surface area (Å²) in [5.41, 5.74) is 0.907. The zero-order valence-electron chi connectivity index (χ0n) is 10.3. The highest BCUT2D eigenvalue weighted by Gasteiger charge is 2.30. The SMILES string of the molecule is Cc1cc(C)nc(Oc2ccc(C(F)(F)F)cn2)c1. The van der Waals surface area contributed by atoms with Gasteiger partial charge in [0.1, 0.15) is 0 Å². The molecule has 0 aliphatic heterocycles. The first kappa shape index (κ1) is 13.3. The second-order valence-electron chi connectivity index (χ2n) is 4.11. The van der Waals surface area contributed by atoms with Crippen LogP contribution in [-0.4, -0.2) is 9.97 Å². The normalized spacial score (nSPS) is 11.4. The smallest absolute Gasteiger partial charge is 0.417 e. The standard InChI is InChI=1S/C13H11F3N2O/c1-8-5-9(2)18-12(6-8)19-11-4-3-10(7-17-11)13(14,15)16/h3-7H,1-2H3. The average Bonchev–Trinajstić information content (AvgIpc) is 2.26. The van der Waals surface area contributed by atoms with E-state index in [0.717, 1.165) is 23.5 Å². The maximum atomic E-state index is 12.4. The minimum absolute atomic E-state index is 0.0745. The molecule has 2 rings (SSSR count). The summed E-state index contributed by atoms with van der Waals surface area (Å²) in [7, 11) is 0. The lowest BCUT2D eigenvalue weighted by Gasteiger charge is -2.08. The van der Waals surface area contributed by atoms with Crippen LogP contribution in [0.15, 0.2) is 30.5 Å². The van der Waals surface area contributed by atoms with Crippen LogP contribution in [0.3, 0.4) is 0 Å². The van der Waals surface area contributed by atoms with E-state index < -0.39 is 11.7 Å². The average molecular weight is 268 g/mol. The van der Waals surface area contributed by atoms with E-state index >= 15 is 0 Å². The Morgan fingerprint density at radius 2 is 1.79 bits per heavy atom. The summed E-state index contributed by atoms with van der Waals surface area (Å²) in [6.45, 7) is 3.68. The molecule has 0 fully saturated rings. The molecule has 2 aromatic rings. The monoisotopic (exact) mass is 268 g/mol. The topological polar surface area (TPSA) is 35.0 Å². The molecule has 0 aromatic carbocycles. The zero-order valence-corrected chi connectivity index (χ0v) is 10.3. The first-order chi connectivity index (χ1) is 8.84. The van der Waals surface area contributed by atoms with Crippen molar-refractivity contribution in [1.82, 2.24) is 9.97 Å². The van der Waals surface area contributed by atoms with Crippen LogP contribution in [0.1, 0.15) is 16.8 Å². The second-order valence-corrected chi connectivity index (χ2v) is 4.11. The molecule has 100 valence electrons. The Bertz CT molecular complexity index is 559. The molecule has 0 aliphatic rings. The van der Waals surface area contributed by atoms with Crippen molar-refractivity contribution in [3.8, 4) is 11.8 Å². The Hall–Kier alpha value is -2.11. The number of hydrogen-bond acceptors (Lipinski definition) is 3. The van der Waals surface area contributed by atoms with Gasteiger partial charge in [-0.2, -0.15) is 13.2 Å². The van der Waals surface area contributed by atoms with E-state index in [0.29, 0.717) is 5.88 Å². The van der Waals surface area contributed by atoms with E-state index in [4.69, 9.17) is 4.74 Å². The van der Waals surface area contributed by atoms with Gasteiger partial charge in [0.25, 0.3) is 0 Å². The number of aryl methyl sites for hydroxylation is 2. The van der Waals surface area contributed by atoms with Gasteiger partial charge in [-0.05, 0) is 31.5 Å². The number of alkyl halides is 3. The molecule has 0 saturated heterocycles. The van der Waals surface area contributed by atoms with E-state index in [9.17, 15) is 13.2 Å². The third-order valence-electron chi connectivity index (χ3n) is 2.35. The number of hydrogen-bond donors (Lipinski definition) is 0. The molecule has 2 aromatic heterocycles. The van der Waals surface area contributed by atoms with Gasteiger partial charge in [0, 0.05) is 24.0 Å². The van der Waals surface area contributed by atoms with Crippen LogP contribution in [0.5, 0.6) is 11.8 Å². The number of halogens is 3. The number of rotatable bonds is 2. The van der Waals surface area contributed by atoms with Crippen LogP contribution in [0.2, 0.25) is 0 Å². The zero-order chi connectivity index (χ0) is 14.0. The molecule has 6 heteroatoms. The molecular formula is C13H11F3N2O. The van der Waals surface area contributed by atoms with Crippen molar-refractivity contribution in [3.63, 3.8) is 0 Å². The van der Waals surface area contributed by atoms with Crippen LogP contribution in [0, 0.1) is 13.8 Å². The molecule has 19 heavy (non-hydrogen) atoms. The molecule has 2 heterocycles. The van der Waals surface area contributed by atoms with E-state index in [-0.39, 0.29) is 5.88 Å². The minimum atomic E-state index is -4.40. The van der Waals surface area contributed by atoms with Gasteiger partial charge in [0.15, 0.2) is 0 Å². The van der Waals surface area contributed by atoms with Crippen molar-refractivity contribution in [3.05, 3.63) is 47.3 Å². The first-order valence-electron chi connectivity index (χ1n) is 5.51. The summed E-state index contributed by atoms with van der Waals surface area (Å²) in [4.78, 5) is 7.73. The van der Waals surface area contributed by atoms with Crippen LogP contribution in [-0.2, 0) is 6.18 Å². The van der Waals surface area contributed by atoms with Crippen molar-refractivity contribution in [2.24, 2.45) is 0 Å². The Labute approximate surface area is 108 Å². The molecule has 0 aliphatic carbocycles. The van der Waals surface area contributed by atoms with Gasteiger partial charge in [-0.25, -0.2) is 9.97 Å². The molecule has 3 nitrogen and oxygen atoms in total.